The van der Waals surface area contributed by atoms with Crippen LogP contribution >= 0.6 is 15.9 Å². The number of piperidine rings is 1. The summed E-state index contributed by atoms with van der Waals surface area (Å²) in [6.07, 6.45) is 3.56. The Labute approximate surface area is 147 Å². The maximum absolute atomic E-state index is 3.77. The largest absolute Gasteiger partial charge is 0.370 e. The van der Waals surface area contributed by atoms with Crippen LogP contribution in [0.15, 0.2) is 53.0 Å². The summed E-state index contributed by atoms with van der Waals surface area (Å²) in [6.45, 7) is 1.09. The maximum Gasteiger partial charge on any atom is 0.0443 e. The SMILES string of the molecule is CN1c2ccccc2CC2CC(Cc3cccc(Br)c3)C1CN2. The summed E-state index contributed by atoms with van der Waals surface area (Å²) in [4.78, 5) is 2.51. The Hall–Kier alpha value is -1.32. The fraction of sp³-hybridized carbons (Fsp3) is 0.400. The van der Waals surface area contributed by atoms with E-state index in [0.29, 0.717) is 18.0 Å². The van der Waals surface area contributed by atoms with E-state index in [9.17, 15) is 0 Å². The fourth-order valence-corrected chi connectivity index (χ4v) is 4.77. The third-order valence-electron chi connectivity index (χ3n) is 5.47. The van der Waals surface area contributed by atoms with E-state index >= 15 is 0 Å². The summed E-state index contributed by atoms with van der Waals surface area (Å²) in [7, 11) is 2.27. The Morgan fingerprint density at radius 3 is 2.91 bits per heavy atom. The first-order valence-corrected chi connectivity index (χ1v) is 9.28. The Morgan fingerprint density at radius 2 is 2.04 bits per heavy atom. The molecule has 0 aromatic heterocycles. The van der Waals surface area contributed by atoms with Crippen LogP contribution in [0.2, 0.25) is 0 Å². The number of likely N-dealkylation sites (N-methyl/N-ethyl adjacent to an activating group) is 1. The van der Waals surface area contributed by atoms with Crippen LogP contribution in [0, 0.1) is 5.92 Å². The van der Waals surface area contributed by atoms with Gasteiger partial charge in [-0.1, -0.05) is 46.3 Å². The molecular weight excluding hydrogens is 348 g/mol. The molecule has 1 saturated heterocycles. The fourth-order valence-electron chi connectivity index (χ4n) is 4.33. The van der Waals surface area contributed by atoms with Crippen LogP contribution in [0.4, 0.5) is 5.69 Å². The van der Waals surface area contributed by atoms with Crippen LogP contribution < -0.4 is 10.2 Å². The van der Waals surface area contributed by atoms with E-state index in [4.69, 9.17) is 0 Å². The van der Waals surface area contributed by atoms with Gasteiger partial charge in [-0.15, -0.1) is 0 Å². The average molecular weight is 371 g/mol. The van der Waals surface area contributed by atoms with Crippen LogP contribution in [0.3, 0.4) is 0 Å². The summed E-state index contributed by atoms with van der Waals surface area (Å²) < 4.78 is 1.18. The minimum atomic E-state index is 0.562. The molecule has 2 aromatic rings. The molecule has 0 aliphatic carbocycles. The molecule has 0 saturated carbocycles. The Bertz CT molecular complexity index is 700. The predicted octanol–water partition coefficient (Wildman–Crippen LogP) is 4.03. The van der Waals surface area contributed by atoms with Crippen molar-refractivity contribution in [2.75, 3.05) is 18.5 Å². The van der Waals surface area contributed by atoms with Crippen LogP contribution in [0.5, 0.6) is 0 Å². The Morgan fingerprint density at radius 1 is 1.17 bits per heavy atom. The van der Waals surface area contributed by atoms with Crippen molar-refractivity contribution in [3.05, 3.63) is 64.1 Å². The highest BCUT2D eigenvalue weighted by molar-refractivity contribution is 9.10. The van der Waals surface area contributed by atoms with Gasteiger partial charge in [0.25, 0.3) is 0 Å². The van der Waals surface area contributed by atoms with Gasteiger partial charge in [0.05, 0.1) is 0 Å². The molecule has 1 fully saturated rings. The Kier molecular flexibility index (Phi) is 4.16. The van der Waals surface area contributed by atoms with Gasteiger partial charge in [0.1, 0.15) is 0 Å². The molecule has 23 heavy (non-hydrogen) atoms. The molecule has 0 spiro atoms. The standard InChI is InChI=1S/C20H23BrN2/c1-23-19-8-3-2-6-15(19)11-18-12-16(20(23)13-22-18)9-14-5-4-7-17(21)10-14/h2-8,10,16,18,20,22H,9,11-13H2,1H3. The number of fused-ring (bicyclic) bond motifs is 2. The van der Waals surface area contributed by atoms with Crippen molar-refractivity contribution in [2.45, 2.75) is 31.3 Å². The van der Waals surface area contributed by atoms with Crippen LogP contribution in [-0.4, -0.2) is 25.7 Å². The number of hydrogen-bond acceptors (Lipinski definition) is 2. The number of hydrogen-bond donors (Lipinski definition) is 1. The van der Waals surface area contributed by atoms with E-state index < -0.39 is 0 Å². The second-order valence-electron chi connectivity index (χ2n) is 6.95. The van der Waals surface area contributed by atoms with Crippen LogP contribution in [0.1, 0.15) is 17.5 Å². The smallest absolute Gasteiger partial charge is 0.0443 e. The molecule has 3 heteroatoms. The molecule has 5 rings (SSSR count). The number of nitrogens with zero attached hydrogens (tertiary/aromatic N) is 1. The van der Waals surface area contributed by atoms with Crippen molar-refractivity contribution < 1.29 is 0 Å². The lowest BCUT2D eigenvalue weighted by atomic mass is 9.79. The molecule has 3 unspecified atom stereocenters. The zero-order chi connectivity index (χ0) is 15.8. The lowest BCUT2D eigenvalue weighted by Crippen LogP contribution is -2.56. The molecule has 3 atom stereocenters. The van der Waals surface area contributed by atoms with E-state index in [1.807, 2.05) is 0 Å². The van der Waals surface area contributed by atoms with Gasteiger partial charge < -0.3 is 10.2 Å². The van der Waals surface area contributed by atoms with E-state index in [2.05, 4.69) is 81.7 Å². The molecule has 0 radical (unpaired) electrons. The normalized spacial score (nSPS) is 26.5. The molecule has 3 aliphatic rings. The first kappa shape index (κ1) is 15.2. The summed E-state index contributed by atoms with van der Waals surface area (Å²) in [5.74, 6) is 0.703. The van der Waals surface area contributed by atoms with Gasteiger partial charge >= 0.3 is 0 Å². The first-order chi connectivity index (χ1) is 11.2. The second kappa shape index (κ2) is 6.29. The van der Waals surface area contributed by atoms with Gasteiger partial charge in [0.15, 0.2) is 0 Å². The van der Waals surface area contributed by atoms with E-state index in [1.54, 1.807) is 0 Å². The highest BCUT2D eigenvalue weighted by atomic mass is 79.9. The Balaban J connectivity index is 1.64. The van der Waals surface area contributed by atoms with Gasteiger partial charge in [-0.25, -0.2) is 0 Å². The monoisotopic (exact) mass is 370 g/mol. The minimum Gasteiger partial charge on any atom is -0.370 e. The van der Waals surface area contributed by atoms with Gasteiger partial charge in [-0.05, 0) is 54.5 Å². The van der Waals surface area contributed by atoms with Crippen molar-refractivity contribution >= 4 is 21.6 Å². The van der Waals surface area contributed by atoms with Crippen molar-refractivity contribution in [1.82, 2.24) is 5.32 Å². The second-order valence-corrected chi connectivity index (χ2v) is 7.86. The first-order valence-electron chi connectivity index (χ1n) is 8.49. The van der Waals surface area contributed by atoms with E-state index in [0.717, 1.165) is 19.4 Å². The zero-order valence-electron chi connectivity index (χ0n) is 13.5. The van der Waals surface area contributed by atoms with Crippen molar-refractivity contribution in [2.24, 2.45) is 5.92 Å². The van der Waals surface area contributed by atoms with Crippen LogP contribution in [0.25, 0.3) is 0 Å². The molecule has 2 aromatic carbocycles. The molecule has 0 amide bonds. The number of para-hydroxylation sites is 1. The van der Waals surface area contributed by atoms with Gasteiger partial charge in [-0.2, -0.15) is 0 Å². The number of benzene rings is 2. The highest BCUT2D eigenvalue weighted by Crippen LogP contribution is 2.34. The summed E-state index contributed by atoms with van der Waals surface area (Å²) in [5, 5.41) is 3.77. The van der Waals surface area contributed by atoms with Crippen molar-refractivity contribution in [3.8, 4) is 0 Å². The molecule has 3 heterocycles. The third-order valence-corrected chi connectivity index (χ3v) is 5.96. The van der Waals surface area contributed by atoms with Gasteiger partial charge in [0.2, 0.25) is 0 Å². The molecule has 120 valence electrons. The van der Waals surface area contributed by atoms with Crippen LogP contribution in [-0.2, 0) is 12.8 Å². The number of halogens is 1. The molecule has 2 nitrogen and oxygen atoms in total. The van der Waals surface area contributed by atoms with Gasteiger partial charge in [-0.3, -0.25) is 0 Å². The lowest BCUT2D eigenvalue weighted by Gasteiger charge is -2.46. The minimum absolute atomic E-state index is 0.562. The zero-order valence-corrected chi connectivity index (χ0v) is 15.1. The molecule has 2 bridgehead atoms. The predicted molar refractivity (Wildman–Crippen MR) is 100 cm³/mol. The van der Waals surface area contributed by atoms with E-state index in [1.165, 1.54) is 27.7 Å². The quantitative estimate of drug-likeness (QED) is 0.858. The van der Waals surface area contributed by atoms with Gasteiger partial charge in [0, 0.05) is 35.8 Å². The highest BCUT2D eigenvalue weighted by Gasteiger charge is 2.36. The molecular formula is C20H23BrN2. The maximum atomic E-state index is 3.77. The topological polar surface area (TPSA) is 15.3 Å². The summed E-state index contributed by atoms with van der Waals surface area (Å²) in [6, 6.07) is 18.9. The molecule has 3 aliphatic heterocycles. The average Bonchev–Trinajstić information content (AvgIpc) is 2.54. The number of nitrogens with one attached hydrogen (secondary N) is 1. The van der Waals surface area contributed by atoms with E-state index in [-0.39, 0.29) is 0 Å². The van der Waals surface area contributed by atoms with Crippen molar-refractivity contribution in [3.63, 3.8) is 0 Å². The molecule has 1 N–H and O–H groups in total. The number of anilines is 1. The van der Waals surface area contributed by atoms with Crippen molar-refractivity contribution in [1.29, 1.82) is 0 Å². The third kappa shape index (κ3) is 3.05. The summed E-state index contributed by atoms with van der Waals surface area (Å²) >= 11 is 3.61. The summed E-state index contributed by atoms with van der Waals surface area (Å²) in [5.41, 5.74) is 4.35. The number of rotatable bonds is 2. The lowest BCUT2D eigenvalue weighted by molar-refractivity contribution is 0.250.